The van der Waals surface area contributed by atoms with Gasteiger partial charge in [-0.1, -0.05) is 85.0 Å². The summed E-state index contributed by atoms with van der Waals surface area (Å²) in [6.07, 6.45) is 20.8. The van der Waals surface area contributed by atoms with Crippen LogP contribution < -0.4 is 0 Å². The Morgan fingerprint density at radius 3 is 1.42 bits per heavy atom. The average Bonchev–Trinajstić information content (AvgIpc) is 3.02. The first-order valence-electron chi connectivity index (χ1n) is 8.10. The highest BCUT2D eigenvalue weighted by Gasteiger charge is 2.06. The van der Waals surface area contributed by atoms with Crippen molar-refractivity contribution in [1.82, 2.24) is 0 Å². The quantitative estimate of drug-likeness (QED) is 0.798. The summed E-state index contributed by atoms with van der Waals surface area (Å²) in [6.45, 7) is 0. The number of methoxy groups -OCH3 is 2. The summed E-state index contributed by atoms with van der Waals surface area (Å²) in [5, 5.41) is 0. The summed E-state index contributed by atoms with van der Waals surface area (Å²) in [4.78, 5) is 0. The molecular formula is C22H22O2. The average molecular weight is 318 g/mol. The van der Waals surface area contributed by atoms with Crippen LogP contribution in [0.4, 0.5) is 0 Å². The van der Waals surface area contributed by atoms with Gasteiger partial charge >= 0.3 is 0 Å². The first-order valence-corrected chi connectivity index (χ1v) is 8.10. The molecule has 0 heterocycles. The van der Waals surface area contributed by atoms with Gasteiger partial charge in [0.1, 0.15) is 0 Å². The van der Waals surface area contributed by atoms with Crippen molar-refractivity contribution in [3.8, 4) is 0 Å². The van der Waals surface area contributed by atoms with Gasteiger partial charge in [-0.25, -0.2) is 0 Å². The standard InChI is InChI=1S/C22H22O2/c1-23-21-7-3-5-17(13-15-21)19-9-11-20(12-10-19)18-6-4-8-22(24-2)16-14-18/h3-16,21-22H,1-2H3. The van der Waals surface area contributed by atoms with Crippen LogP contribution >= 0.6 is 0 Å². The van der Waals surface area contributed by atoms with E-state index in [0.29, 0.717) is 0 Å². The molecule has 0 amide bonds. The van der Waals surface area contributed by atoms with Crippen LogP contribution in [0.15, 0.2) is 85.0 Å². The van der Waals surface area contributed by atoms with Gasteiger partial charge in [0.2, 0.25) is 0 Å². The molecular weight excluding hydrogens is 296 g/mol. The van der Waals surface area contributed by atoms with Crippen molar-refractivity contribution >= 4 is 11.1 Å². The zero-order valence-corrected chi connectivity index (χ0v) is 14.1. The fourth-order valence-electron chi connectivity index (χ4n) is 2.73. The molecule has 0 spiro atoms. The molecule has 0 aliphatic heterocycles. The number of rotatable bonds is 4. The molecule has 122 valence electrons. The van der Waals surface area contributed by atoms with Crippen LogP contribution in [0.5, 0.6) is 0 Å². The lowest BCUT2D eigenvalue weighted by molar-refractivity contribution is 0.178. The first-order chi connectivity index (χ1) is 11.8. The van der Waals surface area contributed by atoms with E-state index >= 15 is 0 Å². The molecule has 0 N–H and O–H groups in total. The fraction of sp³-hybridized carbons (Fsp3) is 0.182. The van der Waals surface area contributed by atoms with Crippen molar-refractivity contribution in [3.05, 3.63) is 96.2 Å². The van der Waals surface area contributed by atoms with Crippen LogP contribution in [0.25, 0.3) is 11.1 Å². The highest BCUT2D eigenvalue weighted by molar-refractivity contribution is 5.80. The van der Waals surface area contributed by atoms with Crippen LogP contribution in [0.3, 0.4) is 0 Å². The predicted molar refractivity (Wildman–Crippen MR) is 101 cm³/mol. The van der Waals surface area contributed by atoms with Gasteiger partial charge in [-0.3, -0.25) is 0 Å². The molecule has 2 unspecified atom stereocenters. The summed E-state index contributed by atoms with van der Waals surface area (Å²) in [7, 11) is 3.44. The highest BCUT2D eigenvalue weighted by atomic mass is 16.5. The molecule has 2 nitrogen and oxygen atoms in total. The molecule has 2 aliphatic carbocycles. The van der Waals surface area contributed by atoms with E-state index in [1.165, 1.54) is 22.3 Å². The predicted octanol–water partition coefficient (Wildman–Crippen LogP) is 4.74. The van der Waals surface area contributed by atoms with Crippen LogP contribution in [0.2, 0.25) is 0 Å². The van der Waals surface area contributed by atoms with Crippen LogP contribution in [0, 0.1) is 0 Å². The summed E-state index contributed by atoms with van der Waals surface area (Å²) in [5.74, 6) is 0. The third-order valence-electron chi connectivity index (χ3n) is 4.18. The fourth-order valence-corrected chi connectivity index (χ4v) is 2.73. The molecule has 0 fully saturated rings. The van der Waals surface area contributed by atoms with E-state index in [4.69, 9.17) is 9.47 Å². The molecule has 0 aromatic heterocycles. The maximum atomic E-state index is 5.34. The van der Waals surface area contributed by atoms with Gasteiger partial charge in [0.25, 0.3) is 0 Å². The zero-order valence-electron chi connectivity index (χ0n) is 14.1. The Hall–Kier alpha value is -2.42. The Bertz CT molecular complexity index is 678. The van der Waals surface area contributed by atoms with E-state index < -0.39 is 0 Å². The van der Waals surface area contributed by atoms with Gasteiger partial charge < -0.3 is 9.47 Å². The lowest BCUT2D eigenvalue weighted by Crippen LogP contribution is -2.00. The largest absolute Gasteiger partial charge is 0.373 e. The SMILES string of the molecule is COC1C=CC=C(c2ccc(C3=CC=CC(OC)C=C3)cc2)C=C1. The van der Waals surface area contributed by atoms with E-state index in [2.05, 4.69) is 60.7 Å². The monoisotopic (exact) mass is 318 g/mol. The molecule has 0 saturated heterocycles. The second-order valence-electron chi connectivity index (χ2n) is 5.71. The molecule has 24 heavy (non-hydrogen) atoms. The topological polar surface area (TPSA) is 18.5 Å². The summed E-state index contributed by atoms with van der Waals surface area (Å²) in [5.41, 5.74) is 4.75. The molecule has 2 aliphatic rings. The van der Waals surface area contributed by atoms with Gasteiger partial charge in [-0.15, -0.1) is 0 Å². The maximum absolute atomic E-state index is 5.34. The van der Waals surface area contributed by atoms with Crippen LogP contribution in [0.1, 0.15) is 11.1 Å². The van der Waals surface area contributed by atoms with Gasteiger partial charge in [0, 0.05) is 14.2 Å². The molecule has 2 atom stereocenters. The lowest BCUT2D eigenvalue weighted by Gasteiger charge is -2.06. The van der Waals surface area contributed by atoms with E-state index in [1.54, 1.807) is 14.2 Å². The molecule has 0 radical (unpaired) electrons. The minimum absolute atomic E-state index is 0.0415. The van der Waals surface area contributed by atoms with E-state index in [0.717, 1.165) is 0 Å². The number of ether oxygens (including phenoxy) is 2. The van der Waals surface area contributed by atoms with Gasteiger partial charge in [-0.2, -0.15) is 0 Å². The van der Waals surface area contributed by atoms with Crippen molar-refractivity contribution in [3.63, 3.8) is 0 Å². The summed E-state index contributed by atoms with van der Waals surface area (Å²) in [6, 6.07) is 8.63. The molecule has 3 rings (SSSR count). The van der Waals surface area contributed by atoms with E-state index in [-0.39, 0.29) is 12.2 Å². The Kier molecular flexibility index (Phi) is 5.42. The van der Waals surface area contributed by atoms with E-state index in [1.807, 2.05) is 24.3 Å². The maximum Gasteiger partial charge on any atom is 0.0940 e. The first kappa shape index (κ1) is 16.4. The Balaban J connectivity index is 1.79. The number of benzene rings is 1. The smallest absolute Gasteiger partial charge is 0.0940 e. The third-order valence-corrected chi connectivity index (χ3v) is 4.18. The minimum atomic E-state index is 0.0415. The second-order valence-corrected chi connectivity index (χ2v) is 5.71. The van der Waals surface area contributed by atoms with Gasteiger partial charge in [0.15, 0.2) is 0 Å². The van der Waals surface area contributed by atoms with E-state index in [9.17, 15) is 0 Å². The van der Waals surface area contributed by atoms with Crippen molar-refractivity contribution in [1.29, 1.82) is 0 Å². The van der Waals surface area contributed by atoms with Crippen molar-refractivity contribution < 1.29 is 9.47 Å². The van der Waals surface area contributed by atoms with Gasteiger partial charge in [0.05, 0.1) is 12.2 Å². The van der Waals surface area contributed by atoms with Crippen molar-refractivity contribution in [2.45, 2.75) is 12.2 Å². The van der Waals surface area contributed by atoms with Crippen molar-refractivity contribution in [2.24, 2.45) is 0 Å². The van der Waals surface area contributed by atoms with Crippen molar-refractivity contribution in [2.75, 3.05) is 14.2 Å². The minimum Gasteiger partial charge on any atom is -0.373 e. The third kappa shape index (κ3) is 3.91. The molecule has 1 aromatic carbocycles. The normalized spacial score (nSPS) is 22.8. The zero-order chi connectivity index (χ0) is 16.8. The van der Waals surface area contributed by atoms with Crippen LogP contribution in [-0.4, -0.2) is 26.4 Å². The number of allylic oxidation sites excluding steroid dienone is 8. The number of hydrogen-bond donors (Lipinski definition) is 0. The molecule has 1 aromatic rings. The summed E-state index contributed by atoms with van der Waals surface area (Å²) >= 11 is 0. The Labute approximate surface area is 143 Å². The number of hydrogen-bond acceptors (Lipinski definition) is 2. The molecule has 0 bridgehead atoms. The molecule has 2 heteroatoms. The van der Waals surface area contributed by atoms with Gasteiger partial charge in [-0.05, 0) is 22.3 Å². The highest BCUT2D eigenvalue weighted by Crippen LogP contribution is 2.24. The lowest BCUT2D eigenvalue weighted by atomic mass is 9.99. The molecule has 0 saturated carbocycles. The Morgan fingerprint density at radius 2 is 1.04 bits per heavy atom. The Morgan fingerprint density at radius 1 is 0.625 bits per heavy atom. The van der Waals surface area contributed by atoms with Crippen LogP contribution in [-0.2, 0) is 9.47 Å². The summed E-state index contributed by atoms with van der Waals surface area (Å²) < 4.78 is 10.7. The second kappa shape index (κ2) is 7.91.